The quantitative estimate of drug-likeness (QED) is 0.692. The van der Waals surface area contributed by atoms with E-state index < -0.39 is 0 Å². The summed E-state index contributed by atoms with van der Waals surface area (Å²) in [5.41, 5.74) is 2.52. The SMILES string of the molecule is COc1ccc(OC)c([C@@H]2c3cccn3CCN2C(=O)Nc2ccc3c(c2)OCO3)c1. The van der Waals surface area contributed by atoms with E-state index in [2.05, 4.69) is 9.88 Å². The third kappa shape index (κ3) is 3.39. The van der Waals surface area contributed by atoms with Gasteiger partial charge in [0.05, 0.1) is 14.2 Å². The minimum atomic E-state index is -0.331. The second-order valence-electron chi connectivity index (χ2n) is 7.33. The van der Waals surface area contributed by atoms with E-state index in [1.165, 1.54) is 0 Å². The van der Waals surface area contributed by atoms with Crippen LogP contribution in [0.25, 0.3) is 0 Å². The van der Waals surface area contributed by atoms with Gasteiger partial charge >= 0.3 is 6.03 Å². The summed E-state index contributed by atoms with van der Waals surface area (Å²) in [4.78, 5) is 15.2. The fourth-order valence-electron chi connectivity index (χ4n) is 4.15. The fourth-order valence-corrected chi connectivity index (χ4v) is 4.15. The summed E-state index contributed by atoms with van der Waals surface area (Å²) < 4.78 is 24.0. The number of ether oxygens (including phenoxy) is 4. The van der Waals surface area contributed by atoms with Crippen LogP contribution in [0, 0.1) is 0 Å². The van der Waals surface area contributed by atoms with E-state index in [0.717, 1.165) is 11.3 Å². The van der Waals surface area contributed by atoms with Crippen molar-refractivity contribution in [2.75, 3.05) is 32.9 Å². The zero-order chi connectivity index (χ0) is 21.4. The highest BCUT2D eigenvalue weighted by molar-refractivity contribution is 5.90. The summed E-state index contributed by atoms with van der Waals surface area (Å²) in [6, 6.07) is 14.5. The molecule has 0 radical (unpaired) electrons. The van der Waals surface area contributed by atoms with Crippen LogP contribution in [0.15, 0.2) is 54.7 Å². The standard InChI is InChI=1S/C23H23N3O5/c1-28-16-6-8-19(29-2)17(13-16)22-18-4-3-9-25(18)10-11-26(22)23(27)24-15-5-7-20-21(12-15)31-14-30-20/h3-9,12-13,22H,10-11,14H2,1-2H3,(H,24,27)/t22-/m1/s1. The predicted molar refractivity (Wildman–Crippen MR) is 114 cm³/mol. The highest BCUT2D eigenvalue weighted by atomic mass is 16.7. The number of fused-ring (bicyclic) bond motifs is 2. The van der Waals surface area contributed by atoms with E-state index in [-0.39, 0.29) is 18.9 Å². The predicted octanol–water partition coefficient (Wildman–Crippen LogP) is 3.87. The zero-order valence-corrected chi connectivity index (χ0v) is 17.3. The summed E-state index contributed by atoms with van der Waals surface area (Å²) >= 11 is 0. The van der Waals surface area contributed by atoms with Gasteiger partial charge in [0.15, 0.2) is 11.5 Å². The van der Waals surface area contributed by atoms with Gasteiger partial charge in [-0.2, -0.15) is 0 Å². The molecule has 1 aromatic heterocycles. The molecule has 3 heterocycles. The van der Waals surface area contributed by atoms with E-state index in [1.54, 1.807) is 32.4 Å². The van der Waals surface area contributed by atoms with Crippen LogP contribution in [0.4, 0.5) is 10.5 Å². The Labute approximate surface area is 179 Å². The molecular weight excluding hydrogens is 398 g/mol. The molecule has 2 amide bonds. The lowest BCUT2D eigenvalue weighted by atomic mass is 9.98. The van der Waals surface area contributed by atoms with Crippen molar-refractivity contribution in [3.8, 4) is 23.0 Å². The number of nitrogens with one attached hydrogen (secondary N) is 1. The minimum Gasteiger partial charge on any atom is -0.497 e. The number of amides is 2. The average molecular weight is 421 g/mol. The van der Waals surface area contributed by atoms with E-state index in [4.69, 9.17) is 18.9 Å². The molecule has 2 aromatic carbocycles. The molecule has 160 valence electrons. The van der Waals surface area contributed by atoms with Crippen LogP contribution < -0.4 is 24.3 Å². The smallest absolute Gasteiger partial charge is 0.322 e. The Balaban J connectivity index is 1.51. The number of methoxy groups -OCH3 is 2. The molecule has 8 heteroatoms. The Kier molecular flexibility index (Phi) is 4.82. The van der Waals surface area contributed by atoms with Crippen molar-refractivity contribution in [2.45, 2.75) is 12.6 Å². The van der Waals surface area contributed by atoms with Gasteiger partial charge in [-0.25, -0.2) is 4.79 Å². The number of hydrogen-bond donors (Lipinski definition) is 1. The Morgan fingerprint density at radius 3 is 2.74 bits per heavy atom. The molecule has 5 rings (SSSR count). The highest BCUT2D eigenvalue weighted by Crippen LogP contribution is 2.40. The monoisotopic (exact) mass is 421 g/mol. The summed E-state index contributed by atoms with van der Waals surface area (Å²) in [5.74, 6) is 2.70. The van der Waals surface area contributed by atoms with E-state index in [0.29, 0.717) is 41.8 Å². The number of anilines is 1. The fraction of sp³-hybridized carbons (Fsp3) is 0.261. The lowest BCUT2D eigenvalue weighted by molar-refractivity contribution is 0.174. The van der Waals surface area contributed by atoms with Crippen molar-refractivity contribution in [3.05, 3.63) is 66.0 Å². The molecule has 0 bridgehead atoms. The molecule has 0 saturated carbocycles. The summed E-state index contributed by atoms with van der Waals surface area (Å²) in [6.45, 7) is 1.44. The van der Waals surface area contributed by atoms with E-state index >= 15 is 0 Å². The Hall–Kier alpha value is -3.81. The van der Waals surface area contributed by atoms with Gasteiger partial charge < -0.3 is 33.7 Å². The van der Waals surface area contributed by atoms with Gasteiger partial charge in [-0.1, -0.05) is 0 Å². The van der Waals surface area contributed by atoms with Gasteiger partial charge in [-0.3, -0.25) is 0 Å². The molecule has 3 aromatic rings. The van der Waals surface area contributed by atoms with Crippen LogP contribution in [0.1, 0.15) is 17.3 Å². The topological polar surface area (TPSA) is 74.2 Å². The van der Waals surface area contributed by atoms with Gasteiger partial charge in [-0.05, 0) is 42.5 Å². The van der Waals surface area contributed by atoms with Crippen molar-refractivity contribution in [3.63, 3.8) is 0 Å². The van der Waals surface area contributed by atoms with Crippen LogP contribution in [0.5, 0.6) is 23.0 Å². The second kappa shape index (κ2) is 7.79. The number of aromatic nitrogens is 1. The van der Waals surface area contributed by atoms with Gasteiger partial charge in [0.25, 0.3) is 0 Å². The second-order valence-corrected chi connectivity index (χ2v) is 7.33. The molecule has 1 atom stereocenters. The molecule has 0 spiro atoms. The largest absolute Gasteiger partial charge is 0.497 e. The molecule has 0 unspecified atom stereocenters. The van der Waals surface area contributed by atoms with Crippen LogP contribution >= 0.6 is 0 Å². The van der Waals surface area contributed by atoms with Crippen molar-refractivity contribution >= 4 is 11.7 Å². The maximum absolute atomic E-state index is 13.4. The van der Waals surface area contributed by atoms with Crippen LogP contribution in [-0.4, -0.2) is 43.1 Å². The van der Waals surface area contributed by atoms with Gasteiger partial charge in [0.1, 0.15) is 17.5 Å². The Morgan fingerprint density at radius 1 is 1.03 bits per heavy atom. The number of carbonyl (C=O) groups excluding carboxylic acids is 1. The van der Waals surface area contributed by atoms with E-state index in [1.807, 2.05) is 41.4 Å². The first kappa shape index (κ1) is 19.2. The molecule has 0 aliphatic carbocycles. The zero-order valence-electron chi connectivity index (χ0n) is 17.3. The lowest BCUT2D eigenvalue weighted by Gasteiger charge is -2.37. The van der Waals surface area contributed by atoms with Crippen molar-refractivity contribution < 1.29 is 23.7 Å². The first-order valence-electron chi connectivity index (χ1n) is 10.0. The Bertz CT molecular complexity index is 1130. The average Bonchev–Trinajstić information content (AvgIpc) is 3.46. The van der Waals surface area contributed by atoms with Gasteiger partial charge in [-0.15, -0.1) is 0 Å². The summed E-state index contributed by atoms with van der Waals surface area (Å²) in [7, 11) is 3.25. The first-order chi connectivity index (χ1) is 15.2. The van der Waals surface area contributed by atoms with Crippen LogP contribution in [0.2, 0.25) is 0 Å². The molecule has 0 fully saturated rings. The maximum atomic E-state index is 13.4. The van der Waals surface area contributed by atoms with E-state index in [9.17, 15) is 4.79 Å². The molecule has 31 heavy (non-hydrogen) atoms. The van der Waals surface area contributed by atoms with Crippen molar-refractivity contribution in [2.24, 2.45) is 0 Å². The Morgan fingerprint density at radius 2 is 1.90 bits per heavy atom. The number of hydrogen-bond acceptors (Lipinski definition) is 5. The normalized spacial score (nSPS) is 16.6. The molecule has 8 nitrogen and oxygen atoms in total. The number of rotatable bonds is 4. The van der Waals surface area contributed by atoms with Crippen molar-refractivity contribution in [1.29, 1.82) is 0 Å². The number of urea groups is 1. The van der Waals surface area contributed by atoms with Gasteiger partial charge in [0.2, 0.25) is 6.79 Å². The molecule has 2 aliphatic heterocycles. The lowest BCUT2D eigenvalue weighted by Crippen LogP contribution is -2.44. The molecule has 1 N–H and O–H groups in total. The summed E-state index contributed by atoms with van der Waals surface area (Å²) in [5, 5.41) is 3.00. The minimum absolute atomic E-state index is 0.188. The number of nitrogens with zero attached hydrogens (tertiary/aromatic N) is 2. The first-order valence-corrected chi connectivity index (χ1v) is 10.0. The van der Waals surface area contributed by atoms with Crippen molar-refractivity contribution in [1.82, 2.24) is 9.47 Å². The third-order valence-corrected chi connectivity index (χ3v) is 5.65. The third-order valence-electron chi connectivity index (χ3n) is 5.65. The van der Waals surface area contributed by atoms with Crippen LogP contribution in [-0.2, 0) is 6.54 Å². The molecule has 0 saturated heterocycles. The molecule has 2 aliphatic rings. The highest BCUT2D eigenvalue weighted by Gasteiger charge is 2.34. The van der Waals surface area contributed by atoms with Gasteiger partial charge in [0, 0.05) is 42.3 Å². The maximum Gasteiger partial charge on any atom is 0.322 e. The van der Waals surface area contributed by atoms with Crippen LogP contribution in [0.3, 0.4) is 0 Å². The molecular formula is C23H23N3O5. The summed E-state index contributed by atoms with van der Waals surface area (Å²) in [6.07, 6.45) is 2.03. The number of carbonyl (C=O) groups is 1. The number of benzene rings is 2.